The molecule has 0 aliphatic heterocycles. The monoisotopic (exact) mass is 341 g/mol. The molecule has 2 rings (SSSR count). The van der Waals surface area contributed by atoms with Crippen molar-refractivity contribution in [2.45, 2.75) is 6.36 Å². The molecular weight excluding hydrogens is 327 g/mol. The molecule has 0 aliphatic rings. The first-order chi connectivity index (χ1) is 11.3. The SMILES string of the molecule is COc1ccc(NC(=O)c2ccc(OC(F)(F)F)cc2)cc1OC. The van der Waals surface area contributed by atoms with E-state index in [0.717, 1.165) is 12.1 Å². The second kappa shape index (κ2) is 7.12. The van der Waals surface area contributed by atoms with Gasteiger partial charge in [0.25, 0.3) is 5.91 Å². The standard InChI is InChI=1S/C16H14F3NO4/c1-22-13-8-5-11(9-14(13)23-2)20-15(21)10-3-6-12(7-4-10)24-16(17,18)19/h3-9H,1-2H3,(H,20,21). The third-order valence-electron chi connectivity index (χ3n) is 2.99. The predicted molar refractivity (Wildman–Crippen MR) is 80.6 cm³/mol. The molecule has 0 bridgehead atoms. The lowest BCUT2D eigenvalue weighted by Gasteiger charge is -2.11. The summed E-state index contributed by atoms with van der Waals surface area (Å²) in [5.74, 6) is 0.0549. The van der Waals surface area contributed by atoms with Crippen molar-refractivity contribution in [3.8, 4) is 17.2 Å². The van der Waals surface area contributed by atoms with E-state index < -0.39 is 18.0 Å². The van der Waals surface area contributed by atoms with E-state index in [-0.39, 0.29) is 5.56 Å². The van der Waals surface area contributed by atoms with E-state index >= 15 is 0 Å². The number of carbonyl (C=O) groups is 1. The maximum Gasteiger partial charge on any atom is 0.573 e. The van der Waals surface area contributed by atoms with Crippen LogP contribution in [-0.4, -0.2) is 26.5 Å². The molecule has 24 heavy (non-hydrogen) atoms. The van der Waals surface area contributed by atoms with Crippen molar-refractivity contribution in [1.82, 2.24) is 0 Å². The lowest BCUT2D eigenvalue weighted by Crippen LogP contribution is -2.17. The smallest absolute Gasteiger partial charge is 0.493 e. The third kappa shape index (κ3) is 4.55. The molecule has 0 unspecified atom stereocenters. The van der Waals surface area contributed by atoms with Gasteiger partial charge in [0.1, 0.15) is 5.75 Å². The first-order valence-corrected chi connectivity index (χ1v) is 6.71. The lowest BCUT2D eigenvalue weighted by molar-refractivity contribution is -0.274. The van der Waals surface area contributed by atoms with Gasteiger partial charge in [-0.25, -0.2) is 0 Å². The highest BCUT2D eigenvalue weighted by Crippen LogP contribution is 2.30. The normalized spacial score (nSPS) is 10.9. The van der Waals surface area contributed by atoms with Crippen LogP contribution in [-0.2, 0) is 0 Å². The number of hydrogen-bond donors (Lipinski definition) is 1. The highest BCUT2D eigenvalue weighted by molar-refractivity contribution is 6.04. The topological polar surface area (TPSA) is 56.8 Å². The number of methoxy groups -OCH3 is 2. The summed E-state index contributed by atoms with van der Waals surface area (Å²) in [7, 11) is 2.95. The number of rotatable bonds is 5. The van der Waals surface area contributed by atoms with Crippen LogP contribution in [0.15, 0.2) is 42.5 Å². The molecule has 0 spiro atoms. The summed E-state index contributed by atoms with van der Waals surface area (Å²) >= 11 is 0. The molecule has 0 fully saturated rings. The number of ether oxygens (including phenoxy) is 3. The second-order valence-corrected chi connectivity index (χ2v) is 4.60. The molecule has 0 aliphatic carbocycles. The molecule has 0 heterocycles. The average molecular weight is 341 g/mol. The fourth-order valence-corrected chi connectivity index (χ4v) is 1.93. The Kier molecular flexibility index (Phi) is 5.18. The number of anilines is 1. The third-order valence-corrected chi connectivity index (χ3v) is 2.99. The van der Waals surface area contributed by atoms with Crippen molar-refractivity contribution in [1.29, 1.82) is 0 Å². The average Bonchev–Trinajstić information content (AvgIpc) is 2.53. The van der Waals surface area contributed by atoms with Gasteiger partial charge >= 0.3 is 6.36 Å². The molecule has 0 saturated heterocycles. The van der Waals surface area contributed by atoms with E-state index in [1.807, 2.05) is 0 Å². The Morgan fingerprint density at radius 3 is 2.12 bits per heavy atom. The van der Waals surface area contributed by atoms with Gasteiger partial charge in [-0.05, 0) is 36.4 Å². The minimum absolute atomic E-state index is 0.180. The predicted octanol–water partition coefficient (Wildman–Crippen LogP) is 3.85. The van der Waals surface area contributed by atoms with Gasteiger partial charge in [0.15, 0.2) is 11.5 Å². The van der Waals surface area contributed by atoms with E-state index in [9.17, 15) is 18.0 Å². The summed E-state index contributed by atoms with van der Waals surface area (Å²) in [5.41, 5.74) is 0.632. The zero-order chi connectivity index (χ0) is 17.7. The number of amides is 1. The Morgan fingerprint density at radius 2 is 1.58 bits per heavy atom. The minimum atomic E-state index is -4.77. The molecule has 0 radical (unpaired) electrons. The Bertz CT molecular complexity index is 714. The molecule has 128 valence electrons. The zero-order valence-corrected chi connectivity index (χ0v) is 12.8. The molecule has 0 aromatic heterocycles. The Labute approximate surface area is 135 Å². The van der Waals surface area contributed by atoms with Crippen molar-refractivity contribution in [3.63, 3.8) is 0 Å². The van der Waals surface area contributed by atoms with Gasteiger partial charge in [-0.1, -0.05) is 0 Å². The number of halogens is 3. The van der Waals surface area contributed by atoms with Crippen LogP contribution in [0.2, 0.25) is 0 Å². The molecule has 0 atom stereocenters. The highest BCUT2D eigenvalue weighted by Gasteiger charge is 2.31. The van der Waals surface area contributed by atoms with Crippen LogP contribution in [0.5, 0.6) is 17.2 Å². The van der Waals surface area contributed by atoms with Crippen LogP contribution in [0.3, 0.4) is 0 Å². The van der Waals surface area contributed by atoms with Crippen molar-refractivity contribution in [3.05, 3.63) is 48.0 Å². The fourth-order valence-electron chi connectivity index (χ4n) is 1.93. The van der Waals surface area contributed by atoms with E-state index in [2.05, 4.69) is 10.1 Å². The number of carbonyl (C=O) groups excluding carboxylic acids is 1. The molecule has 2 aromatic rings. The Morgan fingerprint density at radius 1 is 0.958 bits per heavy atom. The van der Waals surface area contributed by atoms with Crippen LogP contribution < -0.4 is 19.5 Å². The summed E-state index contributed by atoms with van der Waals surface area (Å²) in [5, 5.41) is 2.61. The number of benzene rings is 2. The minimum Gasteiger partial charge on any atom is -0.493 e. The van der Waals surface area contributed by atoms with Gasteiger partial charge in [-0.3, -0.25) is 4.79 Å². The van der Waals surface area contributed by atoms with Crippen molar-refractivity contribution in [2.24, 2.45) is 0 Å². The van der Waals surface area contributed by atoms with Gasteiger partial charge < -0.3 is 19.5 Å². The lowest BCUT2D eigenvalue weighted by atomic mass is 10.2. The molecule has 1 amide bonds. The van der Waals surface area contributed by atoms with Crippen molar-refractivity contribution < 1.29 is 32.2 Å². The number of hydrogen-bond acceptors (Lipinski definition) is 4. The van der Waals surface area contributed by atoms with Crippen molar-refractivity contribution in [2.75, 3.05) is 19.5 Å². The summed E-state index contributed by atoms with van der Waals surface area (Å²) in [6.07, 6.45) is -4.77. The summed E-state index contributed by atoms with van der Waals surface area (Å²) in [4.78, 5) is 12.1. The van der Waals surface area contributed by atoms with Crippen LogP contribution in [0, 0.1) is 0 Å². The van der Waals surface area contributed by atoms with Gasteiger partial charge in [0.05, 0.1) is 14.2 Å². The number of nitrogens with one attached hydrogen (secondary N) is 1. The van der Waals surface area contributed by atoms with Crippen LogP contribution in [0.1, 0.15) is 10.4 Å². The highest BCUT2D eigenvalue weighted by atomic mass is 19.4. The van der Waals surface area contributed by atoms with Gasteiger partial charge in [0.2, 0.25) is 0 Å². The van der Waals surface area contributed by atoms with E-state index in [4.69, 9.17) is 9.47 Å². The Balaban J connectivity index is 2.09. The van der Waals surface area contributed by atoms with Crippen LogP contribution in [0.25, 0.3) is 0 Å². The second-order valence-electron chi connectivity index (χ2n) is 4.60. The molecule has 2 aromatic carbocycles. The van der Waals surface area contributed by atoms with E-state index in [0.29, 0.717) is 17.2 Å². The molecule has 8 heteroatoms. The maximum atomic E-state index is 12.1. The van der Waals surface area contributed by atoms with Crippen LogP contribution in [0.4, 0.5) is 18.9 Å². The van der Waals surface area contributed by atoms with Gasteiger partial charge in [-0.2, -0.15) is 0 Å². The first-order valence-electron chi connectivity index (χ1n) is 6.71. The summed E-state index contributed by atoms with van der Waals surface area (Å²) in [6.45, 7) is 0. The largest absolute Gasteiger partial charge is 0.573 e. The molecule has 0 saturated carbocycles. The molecular formula is C16H14F3NO4. The number of alkyl halides is 3. The Hall–Kier alpha value is -2.90. The quantitative estimate of drug-likeness (QED) is 0.897. The summed E-state index contributed by atoms with van der Waals surface area (Å²) in [6, 6.07) is 9.40. The zero-order valence-electron chi connectivity index (χ0n) is 12.8. The van der Waals surface area contributed by atoms with Gasteiger partial charge in [-0.15, -0.1) is 13.2 Å². The van der Waals surface area contributed by atoms with Gasteiger partial charge in [0, 0.05) is 17.3 Å². The molecule has 1 N–H and O–H groups in total. The fraction of sp³-hybridized carbons (Fsp3) is 0.188. The summed E-state index contributed by atoms with van der Waals surface area (Å²) < 4.78 is 50.3. The first kappa shape index (κ1) is 17.5. The van der Waals surface area contributed by atoms with Crippen LogP contribution >= 0.6 is 0 Å². The molecule has 5 nitrogen and oxygen atoms in total. The van der Waals surface area contributed by atoms with E-state index in [1.54, 1.807) is 18.2 Å². The maximum absolute atomic E-state index is 12.1. The van der Waals surface area contributed by atoms with E-state index in [1.165, 1.54) is 26.4 Å². The van der Waals surface area contributed by atoms with Crippen molar-refractivity contribution >= 4 is 11.6 Å².